The molecule has 0 aliphatic heterocycles. The van der Waals surface area contributed by atoms with Crippen LogP contribution in [0.15, 0.2) is 48.5 Å². The van der Waals surface area contributed by atoms with E-state index in [-0.39, 0.29) is 25.5 Å². The molecule has 0 fully saturated rings. The zero-order valence-corrected chi connectivity index (χ0v) is 14.2. The molecule has 0 aliphatic carbocycles. The van der Waals surface area contributed by atoms with Gasteiger partial charge in [0.2, 0.25) is 0 Å². The smallest absolute Gasteiger partial charge is 0.416 e. The summed E-state index contributed by atoms with van der Waals surface area (Å²) in [7, 11) is 0. The van der Waals surface area contributed by atoms with Crippen molar-refractivity contribution in [2.75, 3.05) is 13.2 Å². The van der Waals surface area contributed by atoms with E-state index in [1.807, 2.05) is 0 Å². The molecule has 0 saturated heterocycles. The number of ether oxygens (including phenoxy) is 1. The van der Waals surface area contributed by atoms with Crippen molar-refractivity contribution in [1.82, 2.24) is 5.32 Å². The number of nitrogens with one attached hydrogen (secondary N) is 1. The molecule has 2 N–H and O–H groups in total. The molecule has 2 aromatic rings. The van der Waals surface area contributed by atoms with Gasteiger partial charge in [-0.3, -0.25) is 4.79 Å². The zero-order valence-electron chi connectivity index (χ0n) is 14.2. The maximum Gasteiger partial charge on any atom is 0.416 e. The van der Waals surface area contributed by atoms with Crippen LogP contribution in [0.25, 0.3) is 0 Å². The summed E-state index contributed by atoms with van der Waals surface area (Å²) in [5, 5.41) is 12.8. The number of Topliss-reactive ketones (excluding diaryl/α,β-unsaturated/α-hetero) is 1. The minimum atomic E-state index is -4.38. The molecule has 0 aliphatic rings. The van der Waals surface area contributed by atoms with E-state index in [2.05, 4.69) is 5.32 Å². The number of rotatable bonds is 8. The van der Waals surface area contributed by atoms with Crippen LogP contribution in [0.5, 0.6) is 5.75 Å². The summed E-state index contributed by atoms with van der Waals surface area (Å²) < 4.78 is 43.4. The molecule has 26 heavy (non-hydrogen) atoms. The molecule has 2 rings (SSSR count). The normalized spacial score (nSPS) is 12.7. The van der Waals surface area contributed by atoms with Crippen molar-refractivity contribution in [3.63, 3.8) is 0 Å². The molecular weight excluding hydrogens is 347 g/mol. The van der Waals surface area contributed by atoms with Crippen molar-refractivity contribution in [3.05, 3.63) is 65.2 Å². The van der Waals surface area contributed by atoms with Gasteiger partial charge in [-0.2, -0.15) is 13.2 Å². The summed E-state index contributed by atoms with van der Waals surface area (Å²) in [5.74, 6) is 0.383. The average molecular weight is 367 g/mol. The van der Waals surface area contributed by atoms with Crippen LogP contribution in [0.2, 0.25) is 0 Å². The van der Waals surface area contributed by atoms with Gasteiger partial charge in [-0.1, -0.05) is 30.3 Å². The Balaban J connectivity index is 1.78. The molecule has 2 aromatic carbocycles. The third-order valence-electron chi connectivity index (χ3n) is 3.65. The van der Waals surface area contributed by atoms with Gasteiger partial charge in [0.25, 0.3) is 0 Å². The van der Waals surface area contributed by atoms with Crippen LogP contribution in [0.1, 0.15) is 28.4 Å². The maximum absolute atomic E-state index is 12.7. The van der Waals surface area contributed by atoms with Gasteiger partial charge in [-0.15, -0.1) is 0 Å². The molecular formula is C19H20F3NO3. The fourth-order valence-electron chi connectivity index (χ4n) is 2.30. The first-order valence-corrected chi connectivity index (χ1v) is 8.04. The quantitative estimate of drug-likeness (QED) is 0.702. The molecule has 4 nitrogen and oxygen atoms in total. The Kier molecular flexibility index (Phi) is 6.76. The van der Waals surface area contributed by atoms with Gasteiger partial charge >= 0.3 is 6.18 Å². The number of carbonyl (C=O) groups is 1. The molecule has 1 atom stereocenters. The van der Waals surface area contributed by atoms with E-state index in [0.717, 1.165) is 12.1 Å². The Morgan fingerprint density at radius 1 is 1.19 bits per heavy atom. The number of carbonyl (C=O) groups excluding carboxylic acids is 1. The first-order valence-electron chi connectivity index (χ1n) is 8.04. The molecule has 1 unspecified atom stereocenters. The number of hydrogen-bond donors (Lipinski definition) is 2. The van der Waals surface area contributed by atoms with Crippen LogP contribution in [-0.2, 0) is 12.7 Å². The van der Waals surface area contributed by atoms with Crippen molar-refractivity contribution < 1.29 is 27.8 Å². The van der Waals surface area contributed by atoms with E-state index in [9.17, 15) is 23.1 Å². The van der Waals surface area contributed by atoms with Crippen molar-refractivity contribution in [1.29, 1.82) is 0 Å². The molecule has 0 saturated carbocycles. The highest BCUT2D eigenvalue weighted by Crippen LogP contribution is 2.29. The second kappa shape index (κ2) is 8.82. The summed E-state index contributed by atoms with van der Waals surface area (Å²) in [4.78, 5) is 11.3. The fraction of sp³-hybridized carbons (Fsp3) is 0.316. The number of benzene rings is 2. The SMILES string of the molecule is CC(=O)c1cccc(OCC(O)CNCc2cccc(C(F)(F)F)c2)c1. The zero-order chi connectivity index (χ0) is 19.2. The fourth-order valence-corrected chi connectivity index (χ4v) is 2.30. The number of hydrogen-bond acceptors (Lipinski definition) is 4. The molecule has 7 heteroatoms. The second-order valence-electron chi connectivity index (χ2n) is 5.88. The lowest BCUT2D eigenvalue weighted by molar-refractivity contribution is -0.137. The Morgan fingerprint density at radius 2 is 1.92 bits per heavy atom. The molecule has 0 bridgehead atoms. The Hall–Kier alpha value is -2.38. The van der Waals surface area contributed by atoms with Gasteiger partial charge in [0.15, 0.2) is 5.78 Å². The minimum Gasteiger partial charge on any atom is -0.491 e. The molecule has 0 spiro atoms. The molecule has 140 valence electrons. The van der Waals surface area contributed by atoms with Crippen molar-refractivity contribution in [2.45, 2.75) is 25.7 Å². The lowest BCUT2D eigenvalue weighted by atomic mass is 10.1. The number of halogens is 3. The second-order valence-corrected chi connectivity index (χ2v) is 5.88. The minimum absolute atomic E-state index is 0.00303. The van der Waals surface area contributed by atoms with Gasteiger partial charge < -0.3 is 15.2 Å². The Morgan fingerprint density at radius 3 is 2.62 bits per heavy atom. The highest BCUT2D eigenvalue weighted by atomic mass is 19.4. The van der Waals surface area contributed by atoms with Gasteiger partial charge in [0.1, 0.15) is 18.5 Å². The monoisotopic (exact) mass is 367 g/mol. The topological polar surface area (TPSA) is 58.6 Å². The van der Waals surface area contributed by atoms with Crippen molar-refractivity contribution >= 4 is 5.78 Å². The first kappa shape index (κ1) is 19.9. The number of aliphatic hydroxyl groups excluding tert-OH is 1. The predicted molar refractivity (Wildman–Crippen MR) is 91.1 cm³/mol. The molecule has 0 heterocycles. The van der Waals surface area contributed by atoms with Crippen LogP contribution < -0.4 is 10.1 Å². The average Bonchev–Trinajstić information content (AvgIpc) is 2.60. The summed E-state index contributed by atoms with van der Waals surface area (Å²) in [6.45, 7) is 1.80. The lowest BCUT2D eigenvalue weighted by Crippen LogP contribution is -2.31. The number of ketones is 1. The maximum atomic E-state index is 12.7. The van der Waals surface area contributed by atoms with E-state index in [0.29, 0.717) is 16.9 Å². The predicted octanol–water partition coefficient (Wildman–Crippen LogP) is 3.44. The van der Waals surface area contributed by atoms with Gasteiger partial charge in [0, 0.05) is 18.7 Å². The molecule has 0 radical (unpaired) electrons. The lowest BCUT2D eigenvalue weighted by Gasteiger charge is -2.14. The third-order valence-corrected chi connectivity index (χ3v) is 3.65. The van der Waals surface area contributed by atoms with Crippen LogP contribution in [0.3, 0.4) is 0 Å². The van der Waals surface area contributed by atoms with Gasteiger partial charge in [-0.25, -0.2) is 0 Å². The summed E-state index contributed by atoms with van der Waals surface area (Å²) >= 11 is 0. The summed E-state index contributed by atoms with van der Waals surface area (Å²) in [5.41, 5.74) is 0.285. The van der Waals surface area contributed by atoms with E-state index < -0.39 is 17.8 Å². The molecule has 0 amide bonds. The van der Waals surface area contributed by atoms with E-state index in [1.165, 1.54) is 13.0 Å². The first-order chi connectivity index (χ1) is 12.3. The van der Waals surface area contributed by atoms with Gasteiger partial charge in [0.05, 0.1) is 5.56 Å². The highest BCUT2D eigenvalue weighted by molar-refractivity contribution is 5.94. The third kappa shape index (κ3) is 6.16. The standard InChI is InChI=1S/C19H20F3NO3/c1-13(24)15-5-3-7-18(9-15)26-12-17(25)11-23-10-14-4-2-6-16(8-14)19(20,21)22/h2-9,17,23,25H,10-12H2,1H3. The number of aliphatic hydroxyl groups is 1. The molecule has 0 aromatic heterocycles. The van der Waals surface area contributed by atoms with E-state index in [1.54, 1.807) is 30.3 Å². The van der Waals surface area contributed by atoms with Crippen molar-refractivity contribution in [2.24, 2.45) is 0 Å². The Bertz CT molecular complexity index is 747. The number of alkyl halides is 3. The summed E-state index contributed by atoms with van der Waals surface area (Å²) in [6.07, 6.45) is -5.22. The largest absolute Gasteiger partial charge is 0.491 e. The van der Waals surface area contributed by atoms with Gasteiger partial charge in [-0.05, 0) is 30.7 Å². The van der Waals surface area contributed by atoms with E-state index in [4.69, 9.17) is 4.74 Å². The Labute approximate surface area is 149 Å². The van der Waals surface area contributed by atoms with E-state index >= 15 is 0 Å². The van der Waals surface area contributed by atoms with Crippen LogP contribution in [-0.4, -0.2) is 30.1 Å². The van der Waals surface area contributed by atoms with Crippen LogP contribution >= 0.6 is 0 Å². The summed E-state index contributed by atoms with van der Waals surface area (Å²) in [6, 6.07) is 11.6. The van der Waals surface area contributed by atoms with Crippen LogP contribution in [0.4, 0.5) is 13.2 Å². The van der Waals surface area contributed by atoms with Crippen molar-refractivity contribution in [3.8, 4) is 5.75 Å². The van der Waals surface area contributed by atoms with Crippen LogP contribution in [0, 0.1) is 0 Å². The highest BCUT2D eigenvalue weighted by Gasteiger charge is 2.30.